The molecule has 0 aromatic carbocycles. The highest BCUT2D eigenvalue weighted by molar-refractivity contribution is 7.33. The molecule has 9 nitrogen and oxygen atoms in total. The highest BCUT2D eigenvalue weighted by Gasteiger charge is 2.19. The summed E-state index contributed by atoms with van der Waals surface area (Å²) in [5, 5.41) is 5.20. The molecule has 2 amide bonds. The summed E-state index contributed by atoms with van der Waals surface area (Å²) in [7, 11) is -2.23. The minimum Gasteiger partial charge on any atom is -0.448 e. The van der Waals surface area contributed by atoms with Gasteiger partial charge >= 0.3 is 14.3 Å². The minimum absolute atomic E-state index is 0.0266. The number of carbonyl (C=O) groups is 2. The molecule has 0 aromatic rings. The Morgan fingerprint density at radius 1 is 0.771 bits per heavy atom. The largest absolute Gasteiger partial charge is 0.697 e. The number of alkyl carbamates (subject to hydrolysis) is 1. The maximum atomic E-state index is 11.8. The van der Waals surface area contributed by atoms with Crippen molar-refractivity contribution in [1.82, 2.24) is 10.6 Å². The number of ether oxygens (including phenoxy) is 1. The number of hydrogen-bond acceptors (Lipinski definition) is 7. The summed E-state index contributed by atoms with van der Waals surface area (Å²) < 4.78 is 25.8. The molecule has 0 aromatic heterocycles. The molecule has 1 atom stereocenters. The van der Waals surface area contributed by atoms with Gasteiger partial charge in [0, 0.05) is 24.1 Å². The van der Waals surface area contributed by atoms with Gasteiger partial charge in [0.25, 0.3) is 0 Å². The van der Waals surface area contributed by atoms with Crippen LogP contribution in [-0.4, -0.2) is 51.5 Å². The summed E-state index contributed by atoms with van der Waals surface area (Å²) >= 11 is 0. The van der Waals surface area contributed by atoms with E-state index in [0.717, 1.165) is 25.7 Å². The zero-order chi connectivity index (χ0) is 25.8. The van der Waals surface area contributed by atoms with Crippen LogP contribution in [0.15, 0.2) is 12.2 Å². The topological polar surface area (TPSA) is 129 Å². The number of nitrogens with one attached hydrogen (secondary N) is 2. The predicted molar refractivity (Wildman–Crippen MR) is 140 cm³/mol. The van der Waals surface area contributed by atoms with Crippen LogP contribution < -0.4 is 16.4 Å². The first-order valence-corrected chi connectivity index (χ1v) is 14.4. The van der Waals surface area contributed by atoms with Crippen molar-refractivity contribution in [3.63, 3.8) is 0 Å². The number of nitrogens with two attached hydrogens (primary N) is 1. The molecule has 0 heterocycles. The van der Waals surface area contributed by atoms with E-state index in [0.29, 0.717) is 6.42 Å². The van der Waals surface area contributed by atoms with Gasteiger partial charge in [-0.15, -0.1) is 9.05 Å². The van der Waals surface area contributed by atoms with Crippen LogP contribution in [-0.2, 0) is 23.1 Å². The van der Waals surface area contributed by atoms with Crippen LogP contribution in [0, 0.1) is 0 Å². The lowest BCUT2D eigenvalue weighted by Gasteiger charge is -2.07. The third-order valence-corrected chi connectivity index (χ3v) is 5.99. The lowest BCUT2D eigenvalue weighted by Crippen LogP contribution is -2.32. The molecule has 0 rings (SSSR count). The molecule has 4 N–H and O–H groups in total. The third-order valence-electron chi connectivity index (χ3n) is 5.21. The van der Waals surface area contributed by atoms with Crippen LogP contribution in [0.2, 0.25) is 0 Å². The number of allylic oxidation sites excluding steroid dienone is 2. The van der Waals surface area contributed by atoms with Crippen LogP contribution in [0.4, 0.5) is 4.79 Å². The van der Waals surface area contributed by atoms with Crippen molar-refractivity contribution in [2.75, 3.05) is 39.5 Å². The monoisotopic (exact) mass is 518 g/mol. The molecule has 0 aliphatic carbocycles. The Hall–Kier alpha value is -1.54. The number of carbonyl (C=O) groups excluding carboxylic acids is 2. The zero-order valence-corrected chi connectivity index (χ0v) is 22.7. The quantitative estimate of drug-likeness (QED) is 0.0825. The molecule has 0 spiro atoms. The number of amides is 2. The molecule has 35 heavy (non-hydrogen) atoms. The fraction of sp³-hybridized carbons (Fsp3) is 0.840. The van der Waals surface area contributed by atoms with Crippen LogP contribution in [0.3, 0.4) is 0 Å². The van der Waals surface area contributed by atoms with E-state index in [1.54, 1.807) is 0 Å². The van der Waals surface area contributed by atoms with Crippen molar-refractivity contribution in [2.45, 2.75) is 96.8 Å². The Balaban J connectivity index is 3.38. The molecular weight excluding hydrogens is 469 g/mol. The Kier molecular flexibility index (Phi) is 25.9. The van der Waals surface area contributed by atoms with Crippen molar-refractivity contribution in [3.05, 3.63) is 12.2 Å². The van der Waals surface area contributed by atoms with Gasteiger partial charge in [0.2, 0.25) is 5.91 Å². The van der Waals surface area contributed by atoms with E-state index >= 15 is 0 Å². The first-order chi connectivity index (χ1) is 17.1. The van der Waals surface area contributed by atoms with E-state index in [9.17, 15) is 14.2 Å². The molecule has 0 radical (unpaired) electrons. The molecule has 1 unspecified atom stereocenters. The van der Waals surface area contributed by atoms with Gasteiger partial charge in [0.05, 0.1) is 6.54 Å². The van der Waals surface area contributed by atoms with E-state index in [4.69, 9.17) is 19.5 Å². The summed E-state index contributed by atoms with van der Waals surface area (Å²) in [5.74, 6) is -0.0266. The zero-order valence-electron chi connectivity index (χ0n) is 21.8. The molecule has 204 valence electrons. The highest BCUT2D eigenvalue weighted by Crippen LogP contribution is 2.22. The van der Waals surface area contributed by atoms with Gasteiger partial charge in [0.1, 0.15) is 19.8 Å². The highest BCUT2D eigenvalue weighted by atomic mass is 31.1. The van der Waals surface area contributed by atoms with Gasteiger partial charge < -0.3 is 21.1 Å². The third kappa shape index (κ3) is 26.9. The fourth-order valence-corrected chi connectivity index (χ4v) is 3.84. The molecule has 0 saturated carbocycles. The lowest BCUT2D eigenvalue weighted by atomic mass is 10.1. The van der Waals surface area contributed by atoms with Crippen molar-refractivity contribution < 1.29 is 27.9 Å². The SMILES string of the molecule is CCCCCCCC/C=C\CCCCCCCC(=O)NCCOC(=O)NCCO[P+](=O)OCCN. The molecule has 10 heteroatoms. The second-order valence-electron chi connectivity index (χ2n) is 8.43. The van der Waals surface area contributed by atoms with E-state index in [-0.39, 0.29) is 45.4 Å². The van der Waals surface area contributed by atoms with Crippen molar-refractivity contribution in [3.8, 4) is 0 Å². The first-order valence-electron chi connectivity index (χ1n) is 13.4. The van der Waals surface area contributed by atoms with Gasteiger partial charge in [-0.05, 0) is 32.1 Å². The van der Waals surface area contributed by atoms with E-state index in [1.807, 2.05) is 0 Å². The number of hydrogen-bond donors (Lipinski definition) is 3. The average molecular weight is 519 g/mol. The molecule has 0 aliphatic rings. The first kappa shape index (κ1) is 33.5. The van der Waals surface area contributed by atoms with Crippen LogP contribution in [0.1, 0.15) is 96.8 Å². The maximum Gasteiger partial charge on any atom is 0.697 e. The second-order valence-corrected chi connectivity index (χ2v) is 9.39. The maximum absolute atomic E-state index is 11.8. The Morgan fingerprint density at radius 3 is 2.00 bits per heavy atom. The smallest absolute Gasteiger partial charge is 0.448 e. The van der Waals surface area contributed by atoms with Crippen LogP contribution in [0.5, 0.6) is 0 Å². The van der Waals surface area contributed by atoms with Crippen LogP contribution in [0.25, 0.3) is 0 Å². The van der Waals surface area contributed by atoms with Crippen LogP contribution >= 0.6 is 8.25 Å². The molecular formula is C25H49N3O6P+. The normalized spacial score (nSPS) is 11.5. The standard InChI is InChI=1S/C25H48N3O6P/c1-2-3-4-5-6-7-8-9-10-11-12-13-14-15-16-17-24(29)27-19-22-32-25(30)28-20-23-34-35(31)33-21-18-26/h9-10H,2-8,11-23,26H2,1H3,(H-,27,28,29,30)/p+1/b10-9-. The number of unbranched alkanes of at least 4 members (excludes halogenated alkanes) is 11. The van der Waals surface area contributed by atoms with Gasteiger partial charge in [-0.3, -0.25) is 4.79 Å². The predicted octanol–water partition coefficient (Wildman–Crippen LogP) is 5.52. The van der Waals surface area contributed by atoms with E-state index in [2.05, 4.69) is 29.7 Å². The molecule has 0 aliphatic heterocycles. The Morgan fingerprint density at radius 2 is 1.34 bits per heavy atom. The minimum atomic E-state index is -2.23. The second kappa shape index (κ2) is 27.1. The summed E-state index contributed by atoms with van der Waals surface area (Å²) in [6, 6.07) is 0. The van der Waals surface area contributed by atoms with Crippen molar-refractivity contribution in [1.29, 1.82) is 0 Å². The lowest BCUT2D eigenvalue weighted by molar-refractivity contribution is -0.121. The summed E-state index contributed by atoms with van der Waals surface area (Å²) in [6.07, 6.45) is 20.5. The summed E-state index contributed by atoms with van der Waals surface area (Å²) in [4.78, 5) is 23.3. The Labute approximate surface area is 213 Å². The fourth-order valence-electron chi connectivity index (χ4n) is 3.27. The van der Waals surface area contributed by atoms with E-state index in [1.165, 1.54) is 57.8 Å². The summed E-state index contributed by atoms with van der Waals surface area (Å²) in [5.41, 5.74) is 5.21. The average Bonchev–Trinajstić information content (AvgIpc) is 2.85. The number of rotatable bonds is 25. The van der Waals surface area contributed by atoms with Gasteiger partial charge in [-0.1, -0.05) is 70.4 Å². The van der Waals surface area contributed by atoms with Crippen molar-refractivity contribution >= 4 is 20.3 Å². The Bertz CT molecular complexity index is 563. The van der Waals surface area contributed by atoms with Gasteiger partial charge in [-0.25, -0.2) is 4.79 Å². The molecule has 0 fully saturated rings. The molecule has 0 saturated heterocycles. The van der Waals surface area contributed by atoms with Gasteiger partial charge in [0.15, 0.2) is 0 Å². The van der Waals surface area contributed by atoms with Gasteiger partial charge in [-0.2, -0.15) is 0 Å². The van der Waals surface area contributed by atoms with Crippen molar-refractivity contribution in [2.24, 2.45) is 5.73 Å². The summed E-state index contributed by atoms with van der Waals surface area (Å²) in [6.45, 7) is 3.16. The van der Waals surface area contributed by atoms with E-state index < -0.39 is 14.3 Å². The molecule has 0 bridgehead atoms.